The van der Waals surface area contributed by atoms with E-state index in [1.165, 1.54) is 30.3 Å². The second-order valence-corrected chi connectivity index (χ2v) is 7.42. The third-order valence-corrected chi connectivity index (χ3v) is 5.26. The lowest BCUT2D eigenvalue weighted by Crippen LogP contribution is -2.10. The molecule has 0 heterocycles. The van der Waals surface area contributed by atoms with Crippen LogP contribution < -0.4 is 0 Å². The summed E-state index contributed by atoms with van der Waals surface area (Å²) in [4.78, 5) is 3.36. The van der Waals surface area contributed by atoms with Gasteiger partial charge in [0, 0.05) is 10.0 Å². The van der Waals surface area contributed by atoms with Gasteiger partial charge in [-0.1, -0.05) is 40.9 Å². The van der Waals surface area contributed by atoms with Gasteiger partial charge in [-0.05, 0) is 37.3 Å². The molecule has 0 aliphatic carbocycles. The minimum Gasteiger partial charge on any atom is -0.291 e. The molecule has 0 amide bonds. The minimum atomic E-state index is -3.83. The molecule has 6 heteroatoms. The van der Waals surface area contributed by atoms with E-state index in [9.17, 15) is 8.42 Å². The van der Waals surface area contributed by atoms with Crippen molar-refractivity contribution in [2.45, 2.75) is 17.2 Å². The third-order valence-electron chi connectivity index (χ3n) is 2.93. The van der Waals surface area contributed by atoms with Crippen LogP contribution in [0.3, 0.4) is 0 Å². The molecule has 0 aromatic heterocycles. The molecule has 0 bridgehead atoms. The maximum Gasteiger partial charge on any atom is 0.350 e. The average Bonchev–Trinajstić information content (AvgIpc) is 2.38. The van der Waals surface area contributed by atoms with Crippen molar-refractivity contribution in [3.05, 3.63) is 75.1 Å². The van der Waals surface area contributed by atoms with E-state index in [1.54, 1.807) is 12.1 Å². The molecule has 2 aromatic carbocycles. The summed E-state index contributed by atoms with van der Waals surface area (Å²) in [5.41, 5.74) is 1.21. The van der Waals surface area contributed by atoms with Gasteiger partial charge in [-0.25, -0.2) is 15.0 Å². The fourth-order valence-corrected chi connectivity index (χ4v) is 3.85. The van der Waals surface area contributed by atoms with Gasteiger partial charge in [-0.15, -0.1) is 0 Å². The van der Waals surface area contributed by atoms with Crippen molar-refractivity contribution >= 4 is 33.0 Å². The number of hydrogen-bond acceptors (Lipinski definition) is 2. The predicted octanol–water partition coefficient (Wildman–Crippen LogP) is 4.69. The van der Waals surface area contributed by atoms with Crippen LogP contribution in [-0.2, 0) is 9.84 Å². The number of rotatable bonds is 3. The highest BCUT2D eigenvalue weighted by atomic mass is 35.5. The molecule has 0 aliphatic heterocycles. The van der Waals surface area contributed by atoms with Gasteiger partial charge in [0.1, 0.15) is 0 Å². The summed E-state index contributed by atoms with van der Waals surface area (Å²) in [7, 11) is -3.83. The maximum atomic E-state index is 12.6. The molecule has 2 rings (SSSR count). The van der Waals surface area contributed by atoms with E-state index in [4.69, 9.17) is 29.8 Å². The van der Waals surface area contributed by atoms with Crippen LogP contribution >= 0.6 is 23.2 Å². The molecule has 0 saturated heterocycles. The molecule has 21 heavy (non-hydrogen) atoms. The molecule has 0 spiro atoms. The molecular weight excluding hydrogens is 329 g/mol. The first-order valence-corrected chi connectivity index (χ1v) is 8.28. The van der Waals surface area contributed by atoms with E-state index in [-0.39, 0.29) is 10.5 Å². The number of nitrogens with zero attached hydrogens (tertiary/aromatic N) is 1. The van der Waals surface area contributed by atoms with E-state index in [0.717, 1.165) is 5.56 Å². The summed E-state index contributed by atoms with van der Waals surface area (Å²) in [6.07, 6.45) is 0. The van der Waals surface area contributed by atoms with Crippen molar-refractivity contribution in [3.8, 4) is 0 Å². The lowest BCUT2D eigenvalue weighted by atomic mass is 10.2. The maximum absolute atomic E-state index is 12.6. The first kappa shape index (κ1) is 15.8. The van der Waals surface area contributed by atoms with Gasteiger partial charge >= 0.3 is 5.37 Å². The van der Waals surface area contributed by atoms with Gasteiger partial charge in [-0.2, -0.15) is 0 Å². The molecule has 0 saturated carbocycles. The van der Waals surface area contributed by atoms with E-state index < -0.39 is 15.2 Å². The first-order valence-electron chi connectivity index (χ1n) is 5.98. The molecule has 108 valence electrons. The fraction of sp³-hybridized carbons (Fsp3) is 0.133. The second kappa shape index (κ2) is 6.07. The molecule has 0 fully saturated rings. The van der Waals surface area contributed by atoms with E-state index >= 15 is 0 Å². The van der Waals surface area contributed by atoms with Gasteiger partial charge in [0.2, 0.25) is 0 Å². The predicted molar refractivity (Wildman–Crippen MR) is 84.2 cm³/mol. The number of sulfone groups is 1. The SMILES string of the molecule is [C-]#[N+][C@@H](c1cc(Cl)cc(Cl)c1)S(=O)(=O)c1ccc(C)cc1. The van der Waals surface area contributed by atoms with Crippen LogP contribution in [0.25, 0.3) is 4.85 Å². The van der Waals surface area contributed by atoms with E-state index in [0.29, 0.717) is 10.0 Å². The summed E-state index contributed by atoms with van der Waals surface area (Å²) >= 11 is 11.8. The van der Waals surface area contributed by atoms with Crippen molar-refractivity contribution in [1.82, 2.24) is 0 Å². The van der Waals surface area contributed by atoms with Crippen LogP contribution in [0.5, 0.6) is 0 Å². The average molecular weight is 340 g/mol. The molecule has 3 nitrogen and oxygen atoms in total. The Morgan fingerprint density at radius 3 is 2.05 bits per heavy atom. The Balaban J connectivity index is 2.55. The molecular formula is C15H11Cl2NO2S. The van der Waals surface area contributed by atoms with Gasteiger partial charge < -0.3 is 0 Å². The van der Waals surface area contributed by atoms with Gasteiger partial charge in [0.25, 0.3) is 9.84 Å². The number of hydrogen-bond donors (Lipinski definition) is 0. The topological polar surface area (TPSA) is 38.5 Å². The van der Waals surface area contributed by atoms with Gasteiger partial charge in [0.05, 0.1) is 10.5 Å². The largest absolute Gasteiger partial charge is 0.350 e. The highest BCUT2D eigenvalue weighted by Crippen LogP contribution is 2.33. The van der Waals surface area contributed by atoms with Crippen molar-refractivity contribution in [3.63, 3.8) is 0 Å². The Bertz CT molecular complexity index is 788. The highest BCUT2D eigenvalue weighted by Gasteiger charge is 2.34. The Hall–Kier alpha value is -1.54. The van der Waals surface area contributed by atoms with Gasteiger partial charge in [0.15, 0.2) is 0 Å². The third kappa shape index (κ3) is 3.38. The summed E-state index contributed by atoms with van der Waals surface area (Å²) in [5, 5.41) is -0.771. The summed E-state index contributed by atoms with van der Waals surface area (Å²) in [6, 6.07) is 10.8. The zero-order valence-corrected chi connectivity index (χ0v) is 13.4. The van der Waals surface area contributed by atoms with Gasteiger partial charge in [-0.3, -0.25) is 4.85 Å². The summed E-state index contributed by atoms with van der Waals surface area (Å²) < 4.78 is 25.2. The van der Waals surface area contributed by atoms with Crippen molar-refractivity contribution in [2.75, 3.05) is 0 Å². The van der Waals surface area contributed by atoms with Crippen LogP contribution in [0.1, 0.15) is 16.5 Å². The lowest BCUT2D eigenvalue weighted by Gasteiger charge is -2.09. The zero-order valence-electron chi connectivity index (χ0n) is 11.0. The van der Waals surface area contributed by atoms with Crippen LogP contribution in [0.2, 0.25) is 10.0 Å². The molecule has 0 aliphatic rings. The Kier molecular flexibility index (Phi) is 4.58. The van der Waals surface area contributed by atoms with Crippen molar-refractivity contribution in [2.24, 2.45) is 0 Å². The van der Waals surface area contributed by atoms with E-state index in [2.05, 4.69) is 4.85 Å². The quantitative estimate of drug-likeness (QED) is 0.760. The van der Waals surface area contributed by atoms with Crippen molar-refractivity contribution in [1.29, 1.82) is 0 Å². The lowest BCUT2D eigenvalue weighted by molar-refractivity contribution is 0.590. The number of aryl methyl sites for hydroxylation is 1. The Labute approximate surface area is 133 Å². The fourth-order valence-electron chi connectivity index (χ4n) is 1.90. The Morgan fingerprint density at radius 1 is 1.05 bits per heavy atom. The molecule has 0 radical (unpaired) electrons. The smallest absolute Gasteiger partial charge is 0.291 e. The van der Waals surface area contributed by atoms with Crippen LogP contribution in [0.15, 0.2) is 47.4 Å². The minimum absolute atomic E-state index is 0.102. The second-order valence-electron chi connectivity index (χ2n) is 4.54. The van der Waals surface area contributed by atoms with Crippen LogP contribution in [0.4, 0.5) is 0 Å². The molecule has 0 unspecified atom stereocenters. The first-order chi connectivity index (χ1) is 9.84. The number of halogens is 2. The van der Waals surface area contributed by atoms with Crippen LogP contribution in [-0.4, -0.2) is 8.42 Å². The molecule has 0 N–H and O–H groups in total. The standard InChI is InChI=1S/C15H11Cl2NO2S/c1-10-3-5-14(6-4-10)21(19,20)15(18-2)11-7-12(16)9-13(17)8-11/h3-9,15H,1H3/t15-/m1/s1. The molecule has 2 aromatic rings. The summed E-state index contributed by atoms with van der Waals surface area (Å²) in [6.45, 7) is 9.11. The normalized spacial score (nSPS) is 12.7. The molecule has 1 atom stereocenters. The van der Waals surface area contributed by atoms with E-state index in [1.807, 2.05) is 6.92 Å². The highest BCUT2D eigenvalue weighted by molar-refractivity contribution is 7.91. The zero-order chi connectivity index (χ0) is 15.6. The number of benzene rings is 2. The summed E-state index contributed by atoms with van der Waals surface area (Å²) in [5.74, 6) is 0. The Morgan fingerprint density at radius 2 is 1.57 bits per heavy atom. The van der Waals surface area contributed by atoms with Crippen molar-refractivity contribution < 1.29 is 8.42 Å². The van der Waals surface area contributed by atoms with Crippen LogP contribution in [0, 0.1) is 13.5 Å². The monoisotopic (exact) mass is 339 g/mol.